The van der Waals surface area contributed by atoms with E-state index in [2.05, 4.69) is 27.8 Å². The molecule has 0 saturated carbocycles. The first-order chi connectivity index (χ1) is 16.0. The van der Waals surface area contributed by atoms with E-state index >= 15 is 0 Å². The summed E-state index contributed by atoms with van der Waals surface area (Å²) < 4.78 is 5.58. The normalized spacial score (nSPS) is 23.1. The molecule has 0 aliphatic carbocycles. The van der Waals surface area contributed by atoms with Crippen LogP contribution >= 0.6 is 0 Å². The lowest BCUT2D eigenvalue weighted by Gasteiger charge is -2.38. The van der Waals surface area contributed by atoms with Crippen molar-refractivity contribution in [3.63, 3.8) is 0 Å². The third kappa shape index (κ3) is 5.79. The molecule has 0 aromatic heterocycles. The van der Waals surface area contributed by atoms with Gasteiger partial charge in [-0.15, -0.1) is 0 Å². The van der Waals surface area contributed by atoms with E-state index in [1.807, 2.05) is 62.4 Å². The first kappa shape index (κ1) is 23.4. The first-order valence-electron chi connectivity index (χ1n) is 11.8. The zero-order chi connectivity index (χ0) is 23.2. The minimum atomic E-state index is -0.323. The van der Waals surface area contributed by atoms with E-state index in [0.717, 1.165) is 12.1 Å². The van der Waals surface area contributed by atoms with Crippen LogP contribution in [0.3, 0.4) is 0 Å². The van der Waals surface area contributed by atoms with Crippen molar-refractivity contribution in [2.45, 2.75) is 39.0 Å². The summed E-state index contributed by atoms with van der Waals surface area (Å²) in [7, 11) is 0. The van der Waals surface area contributed by atoms with E-state index in [9.17, 15) is 9.59 Å². The van der Waals surface area contributed by atoms with Crippen molar-refractivity contribution in [1.29, 1.82) is 0 Å². The van der Waals surface area contributed by atoms with Gasteiger partial charge in [0.15, 0.2) is 0 Å². The van der Waals surface area contributed by atoms with Crippen molar-refractivity contribution in [3.8, 4) is 0 Å². The molecule has 2 amide bonds. The van der Waals surface area contributed by atoms with Crippen molar-refractivity contribution < 1.29 is 14.3 Å². The van der Waals surface area contributed by atoms with Crippen LogP contribution in [0.15, 0.2) is 60.7 Å². The lowest BCUT2D eigenvalue weighted by molar-refractivity contribution is -0.130. The van der Waals surface area contributed by atoms with Crippen molar-refractivity contribution in [3.05, 3.63) is 66.2 Å². The summed E-state index contributed by atoms with van der Waals surface area (Å²) in [5, 5.41) is 4.70. The molecule has 2 N–H and O–H groups in total. The Labute approximate surface area is 196 Å². The van der Waals surface area contributed by atoms with Crippen molar-refractivity contribution in [2.75, 3.05) is 31.3 Å². The Hall–Kier alpha value is -2.74. The topological polar surface area (TPSA) is 73.9 Å². The number of para-hydroxylation sites is 1. The van der Waals surface area contributed by atoms with Crippen LogP contribution in [0, 0.1) is 11.8 Å². The minimum Gasteiger partial charge on any atom is -0.379 e. The highest BCUT2D eigenvalue weighted by Gasteiger charge is 2.50. The number of nitrogens with one attached hydrogen (secondary N) is 2. The van der Waals surface area contributed by atoms with E-state index in [1.165, 1.54) is 5.56 Å². The summed E-state index contributed by atoms with van der Waals surface area (Å²) in [6, 6.07) is 19.6. The van der Waals surface area contributed by atoms with Crippen molar-refractivity contribution >= 4 is 17.5 Å². The Morgan fingerprint density at radius 1 is 1.09 bits per heavy atom. The molecule has 2 heterocycles. The number of nitrogens with zero attached hydrogens (tertiary/aromatic N) is 2. The van der Waals surface area contributed by atoms with Crippen LogP contribution < -0.4 is 15.8 Å². The average Bonchev–Trinajstić information content (AvgIpc) is 3.15. The number of likely N-dealkylation sites (tertiary alicyclic amines) is 1. The van der Waals surface area contributed by atoms with Gasteiger partial charge < -0.3 is 10.1 Å². The molecule has 2 aliphatic heterocycles. The number of hydrogen-bond donors (Lipinski definition) is 2. The largest absolute Gasteiger partial charge is 0.379 e. The van der Waals surface area contributed by atoms with Crippen molar-refractivity contribution in [1.82, 2.24) is 15.6 Å². The minimum absolute atomic E-state index is 0.0116. The van der Waals surface area contributed by atoms with Gasteiger partial charge in [0.25, 0.3) is 0 Å². The van der Waals surface area contributed by atoms with Gasteiger partial charge in [-0.25, -0.2) is 10.4 Å². The Kier molecular flexibility index (Phi) is 7.75. The monoisotopic (exact) mass is 450 g/mol. The highest BCUT2D eigenvalue weighted by molar-refractivity contribution is 5.98. The Balaban J connectivity index is 1.47. The van der Waals surface area contributed by atoms with Crippen LogP contribution in [0.2, 0.25) is 0 Å². The zero-order valence-corrected chi connectivity index (χ0v) is 19.4. The standard InChI is InChI=1S/C26H34N4O3/c1-19(2)33-15-9-14-27-25(31)22-17-29(16-20-10-5-3-6-11-20)18-23-24(22)28-30(26(23)32)21-12-7-4-8-13-21/h3-8,10-13,19,22-24,28H,9,14-18H2,1-2H3,(H,27,31). The predicted octanol–water partition coefficient (Wildman–Crippen LogP) is 2.59. The second kappa shape index (κ2) is 10.9. The average molecular weight is 451 g/mol. The molecule has 0 bridgehead atoms. The molecule has 2 aromatic rings. The van der Waals surface area contributed by atoms with E-state index in [1.54, 1.807) is 5.01 Å². The van der Waals surface area contributed by atoms with Crippen molar-refractivity contribution in [2.24, 2.45) is 11.8 Å². The third-order valence-electron chi connectivity index (χ3n) is 6.26. The summed E-state index contributed by atoms with van der Waals surface area (Å²) in [4.78, 5) is 28.8. The van der Waals surface area contributed by atoms with Crippen LogP contribution in [0.25, 0.3) is 0 Å². The molecule has 2 aromatic carbocycles. The number of ether oxygens (including phenoxy) is 1. The molecular formula is C26H34N4O3. The molecule has 176 valence electrons. The van der Waals surface area contributed by atoms with Crippen LogP contribution in [0.5, 0.6) is 0 Å². The van der Waals surface area contributed by atoms with E-state index in [-0.39, 0.29) is 35.8 Å². The number of fused-ring (bicyclic) bond motifs is 1. The van der Waals surface area contributed by atoms with Gasteiger partial charge in [-0.05, 0) is 38.0 Å². The second-order valence-corrected chi connectivity index (χ2v) is 9.12. The lowest BCUT2D eigenvalue weighted by atomic mass is 9.83. The van der Waals surface area contributed by atoms with E-state index < -0.39 is 0 Å². The maximum Gasteiger partial charge on any atom is 0.247 e. The summed E-state index contributed by atoms with van der Waals surface area (Å²) in [5.41, 5.74) is 5.34. The number of rotatable bonds is 9. The number of anilines is 1. The van der Waals surface area contributed by atoms with Gasteiger partial charge in [-0.3, -0.25) is 14.5 Å². The molecule has 3 atom stereocenters. The second-order valence-electron chi connectivity index (χ2n) is 9.12. The number of benzene rings is 2. The van der Waals surface area contributed by atoms with Gasteiger partial charge in [-0.2, -0.15) is 0 Å². The smallest absolute Gasteiger partial charge is 0.247 e. The quantitative estimate of drug-likeness (QED) is 0.575. The van der Waals surface area contributed by atoms with E-state index in [0.29, 0.717) is 32.8 Å². The molecule has 2 fully saturated rings. The fourth-order valence-electron chi connectivity index (χ4n) is 4.66. The molecule has 33 heavy (non-hydrogen) atoms. The van der Waals surface area contributed by atoms with Gasteiger partial charge in [0.1, 0.15) is 0 Å². The molecule has 0 radical (unpaired) electrons. The van der Waals surface area contributed by atoms with Gasteiger partial charge in [-0.1, -0.05) is 48.5 Å². The Morgan fingerprint density at radius 3 is 2.48 bits per heavy atom. The maximum absolute atomic E-state index is 13.4. The highest BCUT2D eigenvalue weighted by atomic mass is 16.5. The molecule has 7 heteroatoms. The number of amides is 2. The number of hydrogen-bond acceptors (Lipinski definition) is 5. The zero-order valence-electron chi connectivity index (χ0n) is 19.4. The third-order valence-corrected chi connectivity index (χ3v) is 6.26. The first-order valence-corrected chi connectivity index (χ1v) is 11.8. The number of piperidine rings is 1. The molecule has 0 spiro atoms. The Bertz CT molecular complexity index is 922. The van der Waals surface area contributed by atoms with Gasteiger partial charge in [0.05, 0.1) is 29.7 Å². The van der Waals surface area contributed by atoms with Crippen LogP contribution in [-0.4, -0.2) is 55.1 Å². The summed E-state index contributed by atoms with van der Waals surface area (Å²) in [6.07, 6.45) is 0.949. The van der Waals surface area contributed by atoms with Crippen LogP contribution in [0.1, 0.15) is 25.8 Å². The van der Waals surface area contributed by atoms with Gasteiger partial charge in [0, 0.05) is 32.8 Å². The Morgan fingerprint density at radius 2 is 1.79 bits per heavy atom. The molecule has 4 rings (SSSR count). The van der Waals surface area contributed by atoms with Gasteiger partial charge >= 0.3 is 0 Å². The highest BCUT2D eigenvalue weighted by Crippen LogP contribution is 2.32. The fourth-order valence-corrected chi connectivity index (χ4v) is 4.66. The number of carbonyl (C=O) groups is 2. The summed E-state index contributed by atoms with van der Waals surface area (Å²) in [6.45, 7) is 7.14. The predicted molar refractivity (Wildman–Crippen MR) is 128 cm³/mol. The fraction of sp³-hybridized carbons (Fsp3) is 0.462. The van der Waals surface area contributed by atoms with Crippen LogP contribution in [0.4, 0.5) is 5.69 Å². The molecular weight excluding hydrogens is 416 g/mol. The summed E-state index contributed by atoms with van der Waals surface area (Å²) in [5.74, 6) is -0.589. The SMILES string of the molecule is CC(C)OCCCNC(=O)C1CN(Cc2ccccc2)CC2C(=O)N(c3ccccc3)NC12. The van der Waals surface area contributed by atoms with Crippen LogP contribution in [-0.2, 0) is 20.9 Å². The van der Waals surface area contributed by atoms with E-state index in [4.69, 9.17) is 4.74 Å². The lowest BCUT2D eigenvalue weighted by Crippen LogP contribution is -2.57. The molecule has 3 unspecified atom stereocenters. The molecule has 7 nitrogen and oxygen atoms in total. The number of carbonyl (C=O) groups excluding carboxylic acids is 2. The van der Waals surface area contributed by atoms with Gasteiger partial charge in [0.2, 0.25) is 11.8 Å². The maximum atomic E-state index is 13.4. The number of hydrazine groups is 1. The summed E-state index contributed by atoms with van der Waals surface area (Å²) >= 11 is 0. The molecule has 2 saturated heterocycles. The molecule has 2 aliphatic rings.